The Bertz CT molecular complexity index is 387. The maximum Gasteiger partial charge on any atom is 0.416 e. The predicted octanol–water partition coefficient (Wildman–Crippen LogP) is 2.33. The number of benzene rings is 1. The van der Waals surface area contributed by atoms with Crippen LogP contribution >= 0.6 is 0 Å². The molecule has 14 heavy (non-hydrogen) atoms. The lowest BCUT2D eigenvalue weighted by Gasteiger charge is -2.10. The Balaban J connectivity index is 3.27. The molecule has 0 aliphatic rings. The summed E-state index contributed by atoms with van der Waals surface area (Å²) in [5.41, 5.74) is -1.56. The first-order valence-corrected chi connectivity index (χ1v) is 3.70. The van der Waals surface area contributed by atoms with Gasteiger partial charge in [-0.05, 0) is 11.6 Å². The molecule has 2 nitrogen and oxygen atoms in total. The molecule has 1 rings (SSSR count). The maximum atomic E-state index is 12.4. The van der Waals surface area contributed by atoms with Crippen molar-refractivity contribution in [2.45, 2.75) is 12.6 Å². The van der Waals surface area contributed by atoms with E-state index in [2.05, 4.69) is 0 Å². The average molecular weight is 205 g/mol. The second-order valence-electron chi connectivity index (χ2n) is 2.64. The van der Waals surface area contributed by atoms with Crippen molar-refractivity contribution in [3.8, 4) is 0 Å². The largest absolute Gasteiger partial charge is 0.481 e. The smallest absolute Gasteiger partial charge is 0.416 e. The van der Waals surface area contributed by atoms with Crippen molar-refractivity contribution in [2.24, 2.45) is 0 Å². The Hall–Kier alpha value is -1.52. The quantitative estimate of drug-likeness (QED) is 0.804. The number of carboxylic acids is 1. The van der Waals surface area contributed by atoms with E-state index in [4.69, 9.17) is 6.48 Å². The summed E-state index contributed by atoms with van der Waals surface area (Å²) in [5.74, 6) is -1.36. The zero-order valence-electron chi connectivity index (χ0n) is 7.93. The first kappa shape index (κ1) is 9.05. The molecule has 0 bridgehead atoms. The molecular weight excluding hydrogens is 197 g/mol. The molecule has 1 aromatic rings. The predicted molar refractivity (Wildman–Crippen MR) is 42.8 cm³/mol. The first-order chi connectivity index (χ1) is 6.82. The van der Waals surface area contributed by atoms with E-state index in [1.54, 1.807) is 0 Å². The lowest BCUT2D eigenvalue weighted by atomic mass is 10.0. The lowest BCUT2D eigenvalue weighted by Crippen LogP contribution is -2.11. The molecule has 1 aromatic carbocycles. The second-order valence-corrected chi connectivity index (χ2v) is 2.64. The van der Waals surface area contributed by atoms with Gasteiger partial charge >= 0.3 is 12.1 Å². The third-order valence-electron chi connectivity index (χ3n) is 1.57. The molecule has 5 heteroatoms. The van der Waals surface area contributed by atoms with Crippen molar-refractivity contribution < 1.29 is 24.4 Å². The SMILES string of the molecule is [2H]c1cccc(CC(=O)O)c1C(F)(F)F. The summed E-state index contributed by atoms with van der Waals surface area (Å²) in [6.07, 6.45) is -5.43. The van der Waals surface area contributed by atoms with E-state index in [0.29, 0.717) is 0 Å². The van der Waals surface area contributed by atoms with Gasteiger partial charge in [-0.25, -0.2) is 0 Å². The van der Waals surface area contributed by atoms with Crippen molar-refractivity contribution in [2.75, 3.05) is 0 Å². The van der Waals surface area contributed by atoms with Gasteiger partial charge < -0.3 is 5.11 Å². The van der Waals surface area contributed by atoms with Gasteiger partial charge in [0.25, 0.3) is 0 Å². The molecule has 0 atom stereocenters. The van der Waals surface area contributed by atoms with Crippen LogP contribution in [0.4, 0.5) is 13.2 Å². The van der Waals surface area contributed by atoms with Gasteiger partial charge in [0.2, 0.25) is 0 Å². The van der Waals surface area contributed by atoms with E-state index >= 15 is 0 Å². The number of hydrogen-bond donors (Lipinski definition) is 1. The summed E-state index contributed by atoms with van der Waals surface area (Å²) >= 11 is 0. The van der Waals surface area contributed by atoms with Gasteiger partial charge in [-0.15, -0.1) is 0 Å². The second kappa shape index (κ2) is 3.69. The van der Waals surface area contributed by atoms with Crippen LogP contribution in [-0.2, 0) is 17.4 Å². The summed E-state index contributed by atoms with van der Waals surface area (Å²) in [7, 11) is 0. The molecule has 76 valence electrons. The minimum absolute atomic E-state index is 0.387. The monoisotopic (exact) mass is 205 g/mol. The van der Waals surface area contributed by atoms with E-state index in [1.807, 2.05) is 0 Å². The summed E-state index contributed by atoms with van der Waals surface area (Å²) in [5, 5.41) is 8.42. The van der Waals surface area contributed by atoms with Gasteiger partial charge in [-0.3, -0.25) is 4.79 Å². The Morgan fingerprint density at radius 1 is 1.50 bits per heavy atom. The number of aliphatic carboxylic acids is 1. The van der Waals surface area contributed by atoms with E-state index < -0.39 is 30.2 Å². The molecule has 0 unspecified atom stereocenters. The minimum Gasteiger partial charge on any atom is -0.481 e. The number of carbonyl (C=O) groups is 1. The van der Waals surface area contributed by atoms with E-state index in [1.165, 1.54) is 6.07 Å². The Morgan fingerprint density at radius 2 is 2.14 bits per heavy atom. The van der Waals surface area contributed by atoms with Crippen molar-refractivity contribution in [1.29, 1.82) is 0 Å². The molecule has 0 amide bonds. The molecule has 0 saturated heterocycles. The highest BCUT2D eigenvalue weighted by atomic mass is 19.4. The molecular formula is C9H7F3O2. The van der Waals surface area contributed by atoms with Crippen LogP contribution in [0.1, 0.15) is 12.5 Å². The number of halogens is 3. The van der Waals surface area contributed by atoms with Crippen molar-refractivity contribution in [3.63, 3.8) is 0 Å². The van der Waals surface area contributed by atoms with Crippen LogP contribution in [0.2, 0.25) is 0 Å². The highest BCUT2D eigenvalue weighted by Crippen LogP contribution is 2.31. The minimum atomic E-state index is -4.69. The summed E-state index contributed by atoms with van der Waals surface area (Å²) in [4.78, 5) is 10.3. The standard InChI is InChI=1S/C9H7F3O2/c10-9(11,12)7-4-2-1-3-6(7)5-8(13)14/h1-4H,5H2,(H,13,14)/i4D. The molecule has 0 spiro atoms. The first-order valence-electron chi connectivity index (χ1n) is 4.20. The molecule has 0 heterocycles. The van der Waals surface area contributed by atoms with Crippen LogP contribution < -0.4 is 0 Å². The van der Waals surface area contributed by atoms with Crippen molar-refractivity contribution in [1.82, 2.24) is 0 Å². The molecule has 0 aliphatic heterocycles. The summed E-state index contributed by atoms with van der Waals surface area (Å²) in [6.45, 7) is 0. The third-order valence-corrected chi connectivity index (χ3v) is 1.57. The van der Waals surface area contributed by atoms with Gasteiger partial charge in [-0.1, -0.05) is 18.2 Å². The molecule has 0 aliphatic carbocycles. The van der Waals surface area contributed by atoms with Crippen LogP contribution in [0.5, 0.6) is 0 Å². The lowest BCUT2D eigenvalue weighted by molar-refractivity contribution is -0.139. The Kier molecular flexibility index (Phi) is 2.39. The maximum absolute atomic E-state index is 12.4. The molecule has 0 saturated carbocycles. The van der Waals surface area contributed by atoms with Crippen molar-refractivity contribution >= 4 is 5.97 Å². The zero-order chi connectivity index (χ0) is 11.6. The summed E-state index contributed by atoms with van der Waals surface area (Å²) in [6, 6.07) is 2.57. The zero-order valence-corrected chi connectivity index (χ0v) is 6.93. The van der Waals surface area contributed by atoms with Crippen LogP contribution in [0.25, 0.3) is 0 Å². The fourth-order valence-corrected chi connectivity index (χ4v) is 1.05. The highest BCUT2D eigenvalue weighted by molar-refractivity contribution is 5.70. The average Bonchev–Trinajstić information content (AvgIpc) is 1.99. The number of rotatable bonds is 2. The molecule has 0 fully saturated rings. The molecule has 0 radical (unpaired) electrons. The van der Waals surface area contributed by atoms with Gasteiger partial charge in [0.15, 0.2) is 0 Å². The van der Waals surface area contributed by atoms with E-state index in [-0.39, 0.29) is 5.56 Å². The highest BCUT2D eigenvalue weighted by Gasteiger charge is 2.33. The van der Waals surface area contributed by atoms with Crippen LogP contribution in [-0.4, -0.2) is 11.1 Å². The molecule has 0 aromatic heterocycles. The molecule has 1 N–H and O–H groups in total. The van der Waals surface area contributed by atoms with E-state index in [9.17, 15) is 18.0 Å². The van der Waals surface area contributed by atoms with Gasteiger partial charge in [-0.2, -0.15) is 13.2 Å². The Morgan fingerprint density at radius 3 is 2.64 bits per heavy atom. The number of alkyl halides is 3. The normalized spacial score (nSPS) is 12.4. The van der Waals surface area contributed by atoms with Crippen LogP contribution in [0.3, 0.4) is 0 Å². The number of hydrogen-bond acceptors (Lipinski definition) is 1. The summed E-state index contributed by atoms with van der Waals surface area (Å²) < 4.78 is 44.4. The van der Waals surface area contributed by atoms with Crippen LogP contribution in [0.15, 0.2) is 24.2 Å². The van der Waals surface area contributed by atoms with E-state index in [0.717, 1.165) is 12.1 Å². The van der Waals surface area contributed by atoms with Crippen molar-refractivity contribution in [3.05, 3.63) is 35.4 Å². The topological polar surface area (TPSA) is 37.3 Å². The third kappa shape index (κ3) is 2.48. The fourth-order valence-electron chi connectivity index (χ4n) is 1.05. The Labute approximate surface area is 79.4 Å². The van der Waals surface area contributed by atoms with Crippen LogP contribution in [0, 0.1) is 0 Å². The van der Waals surface area contributed by atoms with Gasteiger partial charge in [0.05, 0.1) is 13.4 Å². The van der Waals surface area contributed by atoms with Gasteiger partial charge in [0, 0.05) is 0 Å². The van der Waals surface area contributed by atoms with Gasteiger partial charge in [0.1, 0.15) is 0 Å². The fraction of sp³-hybridized carbons (Fsp3) is 0.222. The number of carboxylic acid groups (broad SMARTS) is 1.